The fraction of sp³-hybridized carbons (Fsp3) is 0.684. The molecule has 0 aliphatic rings. The van der Waals surface area contributed by atoms with Crippen LogP contribution in [0.1, 0.15) is 46.0 Å². The Morgan fingerprint density at radius 1 is 0.758 bits per heavy atom. The molecule has 188 valence electrons. The topological polar surface area (TPSA) is 225 Å². The number of amides is 3. The molecule has 4 atom stereocenters. The van der Waals surface area contributed by atoms with E-state index in [1.165, 1.54) is 0 Å². The quantitative estimate of drug-likeness (QED) is 0.117. The summed E-state index contributed by atoms with van der Waals surface area (Å²) in [5.74, 6) is -6.56. The van der Waals surface area contributed by atoms with Gasteiger partial charge in [0.2, 0.25) is 17.7 Å². The Bertz CT molecular complexity index is 732. The Hall–Kier alpha value is -2.87. The second kappa shape index (κ2) is 15.1. The third-order valence-corrected chi connectivity index (χ3v) is 4.81. The van der Waals surface area contributed by atoms with Gasteiger partial charge in [-0.3, -0.25) is 24.0 Å². The van der Waals surface area contributed by atoms with Crippen LogP contribution in [-0.4, -0.2) is 80.9 Å². The first kappa shape index (κ1) is 30.1. The largest absolute Gasteiger partial charge is 0.481 e. The predicted molar refractivity (Wildman–Crippen MR) is 118 cm³/mol. The van der Waals surface area contributed by atoms with Crippen molar-refractivity contribution >= 4 is 48.3 Å². The van der Waals surface area contributed by atoms with E-state index < -0.39 is 72.6 Å². The van der Waals surface area contributed by atoms with Gasteiger partial charge >= 0.3 is 17.9 Å². The van der Waals surface area contributed by atoms with Gasteiger partial charge in [-0.15, -0.1) is 0 Å². The third kappa shape index (κ3) is 12.7. The normalized spacial score (nSPS) is 14.5. The van der Waals surface area contributed by atoms with Crippen LogP contribution >= 0.6 is 12.6 Å². The Morgan fingerprint density at radius 2 is 1.15 bits per heavy atom. The van der Waals surface area contributed by atoms with Crippen LogP contribution in [0.4, 0.5) is 0 Å². The molecule has 0 aromatic carbocycles. The maximum Gasteiger partial charge on any atom is 0.326 e. The lowest BCUT2D eigenvalue weighted by molar-refractivity contribution is -0.143. The van der Waals surface area contributed by atoms with Gasteiger partial charge in [-0.05, 0) is 25.2 Å². The van der Waals surface area contributed by atoms with Gasteiger partial charge < -0.3 is 37.0 Å². The number of rotatable bonds is 16. The van der Waals surface area contributed by atoms with Crippen molar-refractivity contribution in [3.63, 3.8) is 0 Å². The van der Waals surface area contributed by atoms with Crippen molar-refractivity contribution in [3.8, 4) is 0 Å². The molecule has 0 saturated heterocycles. The number of hydrogen-bond acceptors (Lipinski definition) is 8. The molecule has 0 rings (SSSR count). The summed E-state index contributed by atoms with van der Waals surface area (Å²) in [6.45, 7) is 3.49. The number of aliphatic carboxylic acids is 3. The highest BCUT2D eigenvalue weighted by atomic mass is 32.1. The predicted octanol–water partition coefficient (Wildman–Crippen LogP) is -1.44. The number of carbonyl (C=O) groups is 6. The summed E-state index contributed by atoms with van der Waals surface area (Å²) in [5.41, 5.74) is 5.55. The van der Waals surface area contributed by atoms with Crippen molar-refractivity contribution in [1.29, 1.82) is 0 Å². The van der Waals surface area contributed by atoms with Gasteiger partial charge in [-0.25, -0.2) is 4.79 Å². The fourth-order valence-corrected chi connectivity index (χ4v) is 2.84. The lowest BCUT2D eigenvalue weighted by atomic mass is 10.0. The minimum atomic E-state index is -1.44. The summed E-state index contributed by atoms with van der Waals surface area (Å²) in [5, 5.41) is 34.0. The summed E-state index contributed by atoms with van der Waals surface area (Å²) in [6, 6.07) is -5.17. The van der Waals surface area contributed by atoms with E-state index in [-0.39, 0.29) is 30.9 Å². The van der Waals surface area contributed by atoms with Gasteiger partial charge in [0.05, 0.1) is 6.04 Å². The molecule has 8 N–H and O–H groups in total. The molecule has 0 radical (unpaired) electrons. The molecule has 0 heterocycles. The zero-order valence-electron chi connectivity index (χ0n) is 18.4. The smallest absolute Gasteiger partial charge is 0.326 e. The molecule has 33 heavy (non-hydrogen) atoms. The minimum Gasteiger partial charge on any atom is -0.481 e. The van der Waals surface area contributed by atoms with Crippen molar-refractivity contribution in [3.05, 3.63) is 0 Å². The molecule has 0 unspecified atom stereocenters. The molecule has 0 aliphatic heterocycles. The zero-order valence-corrected chi connectivity index (χ0v) is 19.3. The van der Waals surface area contributed by atoms with Crippen LogP contribution in [0.25, 0.3) is 0 Å². The average Bonchev–Trinajstić information content (AvgIpc) is 2.71. The second-order valence-electron chi connectivity index (χ2n) is 7.81. The van der Waals surface area contributed by atoms with Crippen molar-refractivity contribution in [1.82, 2.24) is 16.0 Å². The first-order chi connectivity index (χ1) is 15.3. The fourth-order valence-electron chi connectivity index (χ4n) is 2.67. The number of thiol groups is 1. The summed E-state index contributed by atoms with van der Waals surface area (Å²) >= 11 is 3.88. The summed E-state index contributed by atoms with van der Waals surface area (Å²) < 4.78 is 0. The van der Waals surface area contributed by atoms with Crippen LogP contribution in [0.5, 0.6) is 0 Å². The van der Waals surface area contributed by atoms with E-state index in [1.54, 1.807) is 13.8 Å². The second-order valence-corrected chi connectivity index (χ2v) is 8.17. The van der Waals surface area contributed by atoms with E-state index in [2.05, 4.69) is 28.6 Å². The standard InChI is InChI=1S/C19H32N4O9S/c1-9(2)7-13(19(31)32)23-18(30)12(4-6-15(26)27)22-17(29)11(3-5-14(24)25)21-16(28)10(20)8-33/h9-13,33H,3-8,20H2,1-2H3,(H,21,28)(H,22,29)(H,23,30)(H,24,25)(H,26,27)(H,31,32)/t10-,11-,12-,13-/m0/s1. The Morgan fingerprint density at radius 3 is 1.48 bits per heavy atom. The number of nitrogens with one attached hydrogen (secondary N) is 3. The maximum atomic E-state index is 12.7. The molecule has 0 saturated carbocycles. The Labute approximate surface area is 196 Å². The Kier molecular flexibility index (Phi) is 13.7. The first-order valence-electron chi connectivity index (χ1n) is 10.2. The van der Waals surface area contributed by atoms with Crippen LogP contribution in [0, 0.1) is 5.92 Å². The molecule has 0 aliphatic carbocycles. The van der Waals surface area contributed by atoms with Crippen LogP contribution < -0.4 is 21.7 Å². The van der Waals surface area contributed by atoms with Gasteiger partial charge in [-0.2, -0.15) is 12.6 Å². The number of carboxylic acids is 3. The molecule has 0 spiro atoms. The monoisotopic (exact) mass is 492 g/mol. The van der Waals surface area contributed by atoms with E-state index in [4.69, 9.17) is 15.9 Å². The minimum absolute atomic E-state index is 0.0465. The van der Waals surface area contributed by atoms with Gasteiger partial charge in [0.25, 0.3) is 0 Å². The SMILES string of the molecule is CC(C)C[C@H](NC(=O)[C@H](CCC(=O)O)NC(=O)[C@H](CCC(=O)O)NC(=O)[C@@H](N)CS)C(=O)O. The number of carboxylic acid groups (broad SMARTS) is 3. The molecule has 3 amide bonds. The Balaban J connectivity index is 5.58. The molecular weight excluding hydrogens is 460 g/mol. The highest BCUT2D eigenvalue weighted by Gasteiger charge is 2.31. The van der Waals surface area contributed by atoms with Crippen molar-refractivity contribution in [2.45, 2.75) is 70.1 Å². The molecular formula is C19H32N4O9S. The first-order valence-corrected chi connectivity index (χ1v) is 10.9. The van der Waals surface area contributed by atoms with Crippen molar-refractivity contribution < 1.29 is 44.1 Å². The average molecular weight is 493 g/mol. The van der Waals surface area contributed by atoms with Gasteiger partial charge in [0, 0.05) is 18.6 Å². The maximum absolute atomic E-state index is 12.7. The van der Waals surface area contributed by atoms with Gasteiger partial charge in [0.15, 0.2) is 0 Å². The molecule has 13 nitrogen and oxygen atoms in total. The highest BCUT2D eigenvalue weighted by Crippen LogP contribution is 2.08. The number of carbonyl (C=O) groups excluding carboxylic acids is 3. The van der Waals surface area contributed by atoms with Crippen molar-refractivity contribution in [2.75, 3.05) is 5.75 Å². The van der Waals surface area contributed by atoms with Crippen molar-refractivity contribution in [2.24, 2.45) is 11.7 Å². The van der Waals surface area contributed by atoms with Crippen LogP contribution in [0.15, 0.2) is 0 Å². The lowest BCUT2D eigenvalue weighted by Gasteiger charge is -2.25. The molecule has 0 fully saturated rings. The third-order valence-electron chi connectivity index (χ3n) is 4.41. The van der Waals surface area contributed by atoms with Gasteiger partial charge in [-0.1, -0.05) is 13.8 Å². The summed E-state index contributed by atoms with van der Waals surface area (Å²) in [6.07, 6.45) is -1.60. The summed E-state index contributed by atoms with van der Waals surface area (Å²) in [7, 11) is 0. The molecule has 14 heteroatoms. The van der Waals surface area contributed by atoms with E-state index in [0.717, 1.165) is 0 Å². The summed E-state index contributed by atoms with van der Waals surface area (Å²) in [4.78, 5) is 70.8. The number of nitrogens with two attached hydrogens (primary N) is 1. The van der Waals surface area contributed by atoms with E-state index in [1.807, 2.05) is 0 Å². The molecule has 0 aromatic heterocycles. The van der Waals surface area contributed by atoms with E-state index in [0.29, 0.717) is 0 Å². The lowest BCUT2D eigenvalue weighted by Crippen LogP contribution is -2.57. The highest BCUT2D eigenvalue weighted by molar-refractivity contribution is 7.80. The van der Waals surface area contributed by atoms with Crippen LogP contribution in [0.3, 0.4) is 0 Å². The van der Waals surface area contributed by atoms with Crippen LogP contribution in [-0.2, 0) is 28.8 Å². The van der Waals surface area contributed by atoms with E-state index >= 15 is 0 Å². The zero-order chi connectivity index (χ0) is 25.7. The molecule has 0 bridgehead atoms. The van der Waals surface area contributed by atoms with E-state index in [9.17, 15) is 33.9 Å². The van der Waals surface area contributed by atoms with Crippen LogP contribution in [0.2, 0.25) is 0 Å². The van der Waals surface area contributed by atoms with Gasteiger partial charge in [0.1, 0.15) is 18.1 Å². The molecule has 0 aromatic rings. The number of hydrogen-bond donors (Lipinski definition) is 8.